The predicted molar refractivity (Wildman–Crippen MR) is 122 cm³/mol. The maximum atomic E-state index is 12.7. The quantitative estimate of drug-likeness (QED) is 0.536. The Morgan fingerprint density at radius 1 is 1.20 bits per heavy atom. The maximum Gasteiger partial charge on any atom is 0.266 e. The van der Waals surface area contributed by atoms with Gasteiger partial charge in [0.25, 0.3) is 5.91 Å². The van der Waals surface area contributed by atoms with E-state index in [1.165, 1.54) is 22.2 Å². The van der Waals surface area contributed by atoms with Crippen molar-refractivity contribution in [3.8, 4) is 11.5 Å². The Labute approximate surface area is 184 Å². The van der Waals surface area contributed by atoms with Crippen molar-refractivity contribution in [3.63, 3.8) is 0 Å². The van der Waals surface area contributed by atoms with E-state index in [9.17, 15) is 9.59 Å². The number of ether oxygens (including phenoxy) is 2. The summed E-state index contributed by atoms with van der Waals surface area (Å²) in [5.74, 6) is 0.881. The third kappa shape index (κ3) is 4.49. The highest BCUT2D eigenvalue weighted by molar-refractivity contribution is 8.26. The van der Waals surface area contributed by atoms with Gasteiger partial charge < -0.3 is 14.8 Å². The van der Waals surface area contributed by atoms with Crippen LogP contribution in [0.25, 0.3) is 6.08 Å². The van der Waals surface area contributed by atoms with Crippen LogP contribution in [0.15, 0.2) is 47.4 Å². The van der Waals surface area contributed by atoms with Gasteiger partial charge in [0.1, 0.15) is 4.32 Å². The number of thioether (sulfide) groups is 1. The molecule has 1 fully saturated rings. The van der Waals surface area contributed by atoms with Gasteiger partial charge >= 0.3 is 0 Å². The first-order valence-electron chi connectivity index (χ1n) is 9.57. The van der Waals surface area contributed by atoms with Crippen LogP contribution >= 0.6 is 24.0 Å². The molecule has 30 heavy (non-hydrogen) atoms. The van der Waals surface area contributed by atoms with Crippen LogP contribution in [0, 0.1) is 0 Å². The zero-order chi connectivity index (χ0) is 21.1. The van der Waals surface area contributed by atoms with E-state index < -0.39 is 0 Å². The van der Waals surface area contributed by atoms with Crippen LogP contribution in [0.2, 0.25) is 0 Å². The molecule has 1 saturated heterocycles. The molecule has 2 aliphatic heterocycles. The molecule has 0 aliphatic carbocycles. The second kappa shape index (κ2) is 8.89. The summed E-state index contributed by atoms with van der Waals surface area (Å²) < 4.78 is 11.0. The summed E-state index contributed by atoms with van der Waals surface area (Å²) >= 11 is 6.61. The lowest BCUT2D eigenvalue weighted by atomic mass is 10.1. The number of nitrogens with zero attached hydrogens (tertiary/aromatic N) is 1. The molecule has 0 aromatic heterocycles. The molecule has 8 heteroatoms. The van der Waals surface area contributed by atoms with E-state index in [0.29, 0.717) is 26.4 Å². The number of benzene rings is 2. The van der Waals surface area contributed by atoms with Gasteiger partial charge in [-0.2, -0.15) is 0 Å². The normalized spacial score (nSPS) is 16.4. The summed E-state index contributed by atoms with van der Waals surface area (Å²) in [6, 6.07) is 13.3. The number of aryl methyl sites for hydroxylation is 1. The minimum absolute atomic E-state index is 0.138. The van der Waals surface area contributed by atoms with E-state index in [1.807, 2.05) is 30.3 Å². The predicted octanol–water partition coefficient (Wildman–Crippen LogP) is 4.21. The summed E-state index contributed by atoms with van der Waals surface area (Å²) in [5.41, 5.74) is 2.81. The van der Waals surface area contributed by atoms with Crippen LogP contribution in [0.1, 0.15) is 24.5 Å². The van der Waals surface area contributed by atoms with Crippen LogP contribution in [0.3, 0.4) is 0 Å². The van der Waals surface area contributed by atoms with Gasteiger partial charge in [0.15, 0.2) is 11.5 Å². The summed E-state index contributed by atoms with van der Waals surface area (Å²) in [5, 5.41) is 2.81. The van der Waals surface area contributed by atoms with Crippen LogP contribution in [-0.4, -0.2) is 34.4 Å². The molecule has 6 nitrogen and oxygen atoms in total. The Morgan fingerprint density at radius 2 is 1.97 bits per heavy atom. The molecule has 0 radical (unpaired) electrons. The molecule has 2 amide bonds. The van der Waals surface area contributed by atoms with Crippen molar-refractivity contribution in [2.24, 2.45) is 0 Å². The Kier molecular flexibility index (Phi) is 6.06. The van der Waals surface area contributed by atoms with Crippen molar-refractivity contribution in [1.29, 1.82) is 0 Å². The topological polar surface area (TPSA) is 67.9 Å². The molecule has 1 N–H and O–H groups in total. The Bertz CT molecular complexity index is 1030. The van der Waals surface area contributed by atoms with Crippen LogP contribution in [0.5, 0.6) is 11.5 Å². The third-order valence-corrected chi connectivity index (χ3v) is 6.16. The zero-order valence-electron chi connectivity index (χ0n) is 16.3. The van der Waals surface area contributed by atoms with Gasteiger partial charge in [-0.3, -0.25) is 14.5 Å². The monoisotopic (exact) mass is 440 g/mol. The average Bonchev–Trinajstić information content (AvgIpc) is 3.31. The summed E-state index contributed by atoms with van der Waals surface area (Å²) in [6.07, 6.45) is 2.95. The Hall–Kier alpha value is -2.84. The van der Waals surface area contributed by atoms with Crippen molar-refractivity contribution in [2.45, 2.75) is 19.8 Å². The maximum absolute atomic E-state index is 12.7. The largest absolute Gasteiger partial charge is 0.454 e. The molecule has 0 unspecified atom stereocenters. The molecule has 2 aromatic carbocycles. The highest BCUT2D eigenvalue weighted by atomic mass is 32.2. The van der Waals surface area contributed by atoms with Crippen molar-refractivity contribution in [3.05, 3.63) is 58.5 Å². The fraction of sp³-hybridized carbons (Fsp3) is 0.227. The number of nitrogens with one attached hydrogen (secondary N) is 1. The highest BCUT2D eigenvalue weighted by Gasteiger charge is 2.32. The fourth-order valence-electron chi connectivity index (χ4n) is 3.10. The van der Waals surface area contributed by atoms with E-state index in [1.54, 1.807) is 18.2 Å². The van der Waals surface area contributed by atoms with E-state index in [-0.39, 0.29) is 31.6 Å². The fourth-order valence-corrected chi connectivity index (χ4v) is 4.41. The number of hydrogen-bond donors (Lipinski definition) is 1. The van der Waals surface area contributed by atoms with E-state index >= 15 is 0 Å². The Morgan fingerprint density at radius 3 is 2.73 bits per heavy atom. The summed E-state index contributed by atoms with van der Waals surface area (Å²) in [7, 11) is 0. The average molecular weight is 441 g/mol. The minimum atomic E-state index is -0.206. The lowest BCUT2D eigenvalue weighted by molar-refractivity contribution is -0.122. The summed E-state index contributed by atoms with van der Waals surface area (Å²) in [6.45, 7) is 2.51. The van der Waals surface area contributed by atoms with Gasteiger partial charge in [-0.1, -0.05) is 55.2 Å². The number of hydrogen-bond acceptors (Lipinski definition) is 6. The van der Waals surface area contributed by atoms with Crippen molar-refractivity contribution >= 4 is 51.9 Å². The molecule has 0 saturated carbocycles. The molecule has 154 valence electrons. The molecule has 0 bridgehead atoms. The smallest absolute Gasteiger partial charge is 0.266 e. The second-order valence-electron chi connectivity index (χ2n) is 6.79. The van der Waals surface area contributed by atoms with Crippen molar-refractivity contribution < 1.29 is 19.1 Å². The molecular formula is C22H20N2O4S2. The number of anilines is 1. The van der Waals surface area contributed by atoms with Crippen LogP contribution < -0.4 is 14.8 Å². The first kappa shape index (κ1) is 20.4. The number of fused-ring (bicyclic) bond motifs is 1. The number of rotatable bonds is 6. The highest BCUT2D eigenvalue weighted by Crippen LogP contribution is 2.35. The zero-order valence-corrected chi connectivity index (χ0v) is 18.0. The van der Waals surface area contributed by atoms with Crippen molar-refractivity contribution in [2.75, 3.05) is 18.7 Å². The number of thiocarbonyl (C=S) groups is 1. The van der Waals surface area contributed by atoms with Crippen molar-refractivity contribution in [1.82, 2.24) is 4.90 Å². The Balaban J connectivity index is 1.35. The van der Waals surface area contributed by atoms with Crippen LogP contribution in [0.4, 0.5) is 5.69 Å². The molecule has 2 heterocycles. The standard InChI is InChI=1S/C22H20N2O4S2/c1-2-14-3-5-15(6-4-14)11-19-21(26)24(22(29)30-19)10-9-20(25)23-16-7-8-17-18(12-16)28-13-27-17/h3-8,11-12H,2,9-10,13H2,1H3,(H,23,25)/b19-11-. The first-order chi connectivity index (χ1) is 14.5. The number of amides is 2. The first-order valence-corrected chi connectivity index (χ1v) is 10.8. The van der Waals surface area contributed by atoms with Gasteiger partial charge in [-0.05, 0) is 35.8 Å². The lowest BCUT2D eigenvalue weighted by Gasteiger charge is -2.14. The summed E-state index contributed by atoms with van der Waals surface area (Å²) in [4.78, 5) is 27.1. The van der Waals surface area contributed by atoms with E-state index in [0.717, 1.165) is 12.0 Å². The number of carbonyl (C=O) groups is 2. The molecule has 2 aliphatic rings. The minimum Gasteiger partial charge on any atom is -0.454 e. The molecule has 2 aromatic rings. The molecule has 0 spiro atoms. The van der Waals surface area contributed by atoms with E-state index in [4.69, 9.17) is 21.7 Å². The van der Waals surface area contributed by atoms with Crippen LogP contribution in [-0.2, 0) is 16.0 Å². The van der Waals surface area contributed by atoms with Gasteiger partial charge in [-0.25, -0.2) is 0 Å². The van der Waals surface area contributed by atoms with Gasteiger partial charge in [0, 0.05) is 24.7 Å². The molecule has 4 rings (SSSR count). The van der Waals surface area contributed by atoms with Gasteiger partial charge in [0.05, 0.1) is 4.91 Å². The molecule has 0 atom stereocenters. The van der Waals surface area contributed by atoms with Gasteiger partial charge in [0.2, 0.25) is 12.7 Å². The molecular weight excluding hydrogens is 420 g/mol. The van der Waals surface area contributed by atoms with E-state index in [2.05, 4.69) is 12.2 Å². The SMILES string of the molecule is CCc1ccc(/C=C2\SC(=S)N(CCC(=O)Nc3ccc4c(c3)OCO4)C2=O)cc1. The third-order valence-electron chi connectivity index (χ3n) is 4.78. The number of carbonyl (C=O) groups excluding carboxylic acids is 2. The van der Waals surface area contributed by atoms with Gasteiger partial charge in [-0.15, -0.1) is 0 Å². The lowest BCUT2D eigenvalue weighted by Crippen LogP contribution is -2.31. The second-order valence-corrected chi connectivity index (χ2v) is 8.47.